The van der Waals surface area contributed by atoms with Crippen LogP contribution in [0.1, 0.15) is 22.3 Å². The van der Waals surface area contributed by atoms with Crippen LogP contribution < -0.4 is 15.4 Å². The molecule has 0 saturated carbocycles. The van der Waals surface area contributed by atoms with Crippen molar-refractivity contribution in [1.29, 1.82) is 0 Å². The number of halogens is 4. The second-order valence-corrected chi connectivity index (χ2v) is 9.20. The fourth-order valence-electron chi connectivity index (χ4n) is 3.88. The number of nitrogens with one attached hydrogen (secondary N) is 2. The molecule has 188 valence electrons. The molecular weight excluding hydrogens is 532 g/mol. The molecule has 0 saturated heterocycles. The molecule has 0 fully saturated rings. The SMILES string of the molecule is COCCOc1ccc(F)cc1C(=O)N[C@@H]1N=C(c2c(Cl)cc(Cl)cc2Cl)C2CC=CC=C2NC1=O. The first-order chi connectivity index (χ1) is 17.3. The zero-order valence-corrected chi connectivity index (χ0v) is 21.3. The first kappa shape index (κ1) is 26.2. The van der Waals surface area contributed by atoms with Crippen molar-refractivity contribution in [2.24, 2.45) is 10.9 Å². The van der Waals surface area contributed by atoms with Gasteiger partial charge in [-0.2, -0.15) is 0 Å². The zero-order valence-electron chi connectivity index (χ0n) is 19.0. The van der Waals surface area contributed by atoms with Crippen molar-refractivity contribution < 1.29 is 23.5 Å². The van der Waals surface area contributed by atoms with Crippen LogP contribution in [0.15, 0.2) is 59.2 Å². The Morgan fingerprint density at radius 1 is 1.19 bits per heavy atom. The first-order valence-corrected chi connectivity index (χ1v) is 12.0. The minimum Gasteiger partial charge on any atom is -0.490 e. The summed E-state index contributed by atoms with van der Waals surface area (Å²) in [5.41, 5.74) is 1.28. The fraction of sp³-hybridized carbons (Fsp3) is 0.240. The first-order valence-electron chi connectivity index (χ1n) is 10.9. The van der Waals surface area contributed by atoms with E-state index in [0.29, 0.717) is 28.4 Å². The van der Waals surface area contributed by atoms with Gasteiger partial charge in [0, 0.05) is 29.3 Å². The molecule has 7 nitrogen and oxygen atoms in total. The van der Waals surface area contributed by atoms with E-state index in [-0.39, 0.29) is 40.5 Å². The Morgan fingerprint density at radius 3 is 2.67 bits per heavy atom. The normalized spacial score (nSPS) is 19.0. The Morgan fingerprint density at radius 2 is 1.94 bits per heavy atom. The van der Waals surface area contributed by atoms with E-state index in [2.05, 4.69) is 15.6 Å². The van der Waals surface area contributed by atoms with E-state index >= 15 is 0 Å². The summed E-state index contributed by atoms with van der Waals surface area (Å²) >= 11 is 19.1. The van der Waals surface area contributed by atoms with E-state index in [1.165, 1.54) is 31.4 Å². The standard InChI is InChI=1S/C25H21Cl3FN3O4/c1-35-8-9-36-20-7-6-14(29)12-16(20)24(33)32-23-25(34)30-19-5-3-2-4-15(19)22(31-23)21-17(27)10-13(26)11-18(21)28/h2-3,5-7,10-12,15,23H,4,8-9H2,1H3,(H,30,34)(H,32,33)/t15?,23-/m0/s1. The summed E-state index contributed by atoms with van der Waals surface area (Å²) in [5.74, 6) is -2.22. The quantitative estimate of drug-likeness (QED) is 0.476. The lowest BCUT2D eigenvalue weighted by Crippen LogP contribution is -2.44. The van der Waals surface area contributed by atoms with Crippen LogP contribution in [0, 0.1) is 11.7 Å². The number of rotatable bonds is 7. The molecule has 1 aliphatic heterocycles. The van der Waals surface area contributed by atoms with Gasteiger partial charge < -0.3 is 20.1 Å². The summed E-state index contributed by atoms with van der Waals surface area (Å²) in [6.07, 6.45) is 4.63. The van der Waals surface area contributed by atoms with Gasteiger partial charge in [0.1, 0.15) is 18.2 Å². The number of hydrogen-bond acceptors (Lipinski definition) is 5. The molecule has 0 bridgehead atoms. The van der Waals surface area contributed by atoms with Gasteiger partial charge in [-0.3, -0.25) is 14.6 Å². The molecular formula is C25H21Cl3FN3O4. The number of fused-ring (bicyclic) bond motifs is 1. The molecule has 2 aliphatic rings. The van der Waals surface area contributed by atoms with Crippen LogP contribution >= 0.6 is 34.8 Å². The van der Waals surface area contributed by atoms with Gasteiger partial charge in [0.15, 0.2) is 0 Å². The lowest BCUT2D eigenvalue weighted by molar-refractivity contribution is -0.122. The number of ether oxygens (including phenoxy) is 2. The molecule has 1 heterocycles. The maximum absolute atomic E-state index is 14.0. The molecule has 2 atom stereocenters. The van der Waals surface area contributed by atoms with Crippen molar-refractivity contribution in [2.45, 2.75) is 12.6 Å². The van der Waals surface area contributed by atoms with Gasteiger partial charge in [0.05, 0.1) is 27.9 Å². The minimum absolute atomic E-state index is 0.0965. The van der Waals surface area contributed by atoms with Gasteiger partial charge in [-0.1, -0.05) is 47.0 Å². The number of carbonyl (C=O) groups excluding carboxylic acids is 2. The van der Waals surface area contributed by atoms with Crippen molar-refractivity contribution in [3.63, 3.8) is 0 Å². The second kappa shape index (κ2) is 11.4. The summed E-state index contributed by atoms with van der Waals surface area (Å²) in [5, 5.41) is 6.22. The molecule has 36 heavy (non-hydrogen) atoms. The summed E-state index contributed by atoms with van der Waals surface area (Å²) in [6, 6.07) is 6.58. The number of hydrogen-bond donors (Lipinski definition) is 2. The third-order valence-corrected chi connectivity index (χ3v) is 6.35. The van der Waals surface area contributed by atoms with Gasteiger partial charge in [-0.15, -0.1) is 0 Å². The Bertz CT molecular complexity index is 1270. The average Bonchev–Trinajstić information content (AvgIpc) is 2.96. The average molecular weight is 553 g/mol. The number of amides is 2. The molecule has 4 rings (SSSR count). The predicted molar refractivity (Wildman–Crippen MR) is 137 cm³/mol. The van der Waals surface area contributed by atoms with E-state index in [1.54, 1.807) is 6.08 Å². The van der Waals surface area contributed by atoms with E-state index in [4.69, 9.17) is 44.3 Å². The summed E-state index contributed by atoms with van der Waals surface area (Å²) in [4.78, 5) is 30.9. The topological polar surface area (TPSA) is 89.0 Å². The second-order valence-electron chi connectivity index (χ2n) is 7.94. The van der Waals surface area contributed by atoms with Crippen molar-refractivity contribution in [2.75, 3.05) is 20.3 Å². The lowest BCUT2D eigenvalue weighted by atomic mass is 9.88. The number of methoxy groups -OCH3 is 1. The van der Waals surface area contributed by atoms with Crippen molar-refractivity contribution in [3.8, 4) is 5.75 Å². The number of nitrogens with zero attached hydrogens (tertiary/aromatic N) is 1. The van der Waals surface area contributed by atoms with E-state index in [9.17, 15) is 14.0 Å². The highest BCUT2D eigenvalue weighted by Crippen LogP contribution is 2.35. The molecule has 0 aromatic heterocycles. The Balaban J connectivity index is 1.73. The van der Waals surface area contributed by atoms with Crippen LogP contribution in [0.5, 0.6) is 5.75 Å². The molecule has 0 radical (unpaired) electrons. The maximum atomic E-state index is 14.0. The molecule has 1 aliphatic carbocycles. The third-order valence-electron chi connectivity index (χ3n) is 5.54. The van der Waals surface area contributed by atoms with E-state index < -0.39 is 23.8 Å². The Hall–Kier alpha value is -2.91. The van der Waals surface area contributed by atoms with Crippen LogP contribution in [0.3, 0.4) is 0 Å². The highest BCUT2D eigenvalue weighted by atomic mass is 35.5. The van der Waals surface area contributed by atoms with Crippen LogP contribution in [0.2, 0.25) is 15.1 Å². The predicted octanol–water partition coefficient (Wildman–Crippen LogP) is 4.95. The Kier molecular flexibility index (Phi) is 8.31. The van der Waals surface area contributed by atoms with Gasteiger partial charge >= 0.3 is 0 Å². The van der Waals surface area contributed by atoms with Crippen LogP contribution in [-0.2, 0) is 9.53 Å². The Labute approximate surface area is 221 Å². The van der Waals surface area contributed by atoms with Gasteiger partial charge in [-0.05, 0) is 42.8 Å². The monoisotopic (exact) mass is 551 g/mol. The number of benzene rings is 2. The van der Waals surface area contributed by atoms with Crippen molar-refractivity contribution in [1.82, 2.24) is 10.6 Å². The minimum atomic E-state index is -1.36. The molecule has 11 heteroatoms. The molecule has 0 spiro atoms. The number of aliphatic imine (C=N–C) groups is 1. The van der Waals surface area contributed by atoms with Crippen LogP contribution in [-0.4, -0.2) is 44.0 Å². The highest BCUT2D eigenvalue weighted by molar-refractivity contribution is 6.42. The fourth-order valence-corrected chi connectivity index (χ4v) is 4.89. The van der Waals surface area contributed by atoms with Crippen molar-refractivity contribution >= 4 is 52.3 Å². The summed E-state index contributed by atoms with van der Waals surface area (Å²) in [7, 11) is 1.50. The number of allylic oxidation sites excluding steroid dienone is 4. The van der Waals surface area contributed by atoms with Crippen molar-refractivity contribution in [3.05, 3.63) is 86.3 Å². The smallest absolute Gasteiger partial charge is 0.269 e. The third kappa shape index (κ3) is 5.73. The molecule has 2 N–H and O–H groups in total. The largest absolute Gasteiger partial charge is 0.490 e. The van der Waals surface area contributed by atoms with E-state index in [0.717, 1.165) is 6.07 Å². The van der Waals surface area contributed by atoms with Crippen LogP contribution in [0.4, 0.5) is 4.39 Å². The summed E-state index contributed by atoms with van der Waals surface area (Å²) in [6.45, 7) is 0.412. The maximum Gasteiger partial charge on any atom is 0.269 e. The van der Waals surface area contributed by atoms with Gasteiger partial charge in [0.25, 0.3) is 11.8 Å². The lowest BCUT2D eigenvalue weighted by Gasteiger charge is -2.22. The molecule has 1 unspecified atom stereocenters. The molecule has 2 amide bonds. The molecule has 2 aromatic carbocycles. The van der Waals surface area contributed by atoms with Gasteiger partial charge in [-0.25, -0.2) is 4.39 Å². The summed E-state index contributed by atoms with van der Waals surface area (Å²) < 4.78 is 24.5. The van der Waals surface area contributed by atoms with Crippen LogP contribution in [0.25, 0.3) is 0 Å². The zero-order chi connectivity index (χ0) is 25.8. The van der Waals surface area contributed by atoms with Gasteiger partial charge in [0.2, 0.25) is 6.17 Å². The number of carbonyl (C=O) groups is 2. The highest BCUT2D eigenvalue weighted by Gasteiger charge is 2.34. The van der Waals surface area contributed by atoms with E-state index in [1.807, 2.05) is 12.2 Å². The molecule has 2 aromatic rings.